The van der Waals surface area contributed by atoms with Gasteiger partial charge in [-0.1, -0.05) is 182 Å². The minimum absolute atomic E-state index is 0.0179. The van der Waals surface area contributed by atoms with Crippen molar-refractivity contribution in [3.8, 4) is 0 Å². The van der Waals surface area contributed by atoms with Crippen molar-refractivity contribution in [2.24, 2.45) is 0 Å². The van der Waals surface area contributed by atoms with Crippen LogP contribution in [-0.4, -0.2) is 50.5 Å². The minimum atomic E-state index is 0.0179. The van der Waals surface area contributed by atoms with Gasteiger partial charge in [0.25, 0.3) is 0 Å². The Balaban J connectivity index is 0.000000154. The summed E-state index contributed by atoms with van der Waals surface area (Å²) in [7, 11) is 0. The quantitative estimate of drug-likeness (QED) is 0.157. The average molecular weight is 867 g/mol. The molecule has 9 aromatic rings. The van der Waals surface area contributed by atoms with Crippen LogP contribution in [0.3, 0.4) is 0 Å². The number of hydrogen-bond donors (Lipinski definition) is 0. The molecule has 0 fully saturated rings. The third-order valence-corrected chi connectivity index (χ3v) is 10.2. The van der Waals surface area contributed by atoms with Crippen LogP contribution in [-0.2, 0) is 21.7 Å². The van der Waals surface area contributed by atoms with Crippen LogP contribution in [0.5, 0.6) is 0 Å². The van der Waals surface area contributed by atoms with Crippen LogP contribution < -0.4 is 0 Å². The molecule has 10 heteroatoms. The number of rotatable bonds is 1. The molecule has 0 aliphatic carbocycles. The predicted molar refractivity (Wildman–Crippen MR) is 269 cm³/mol. The zero-order chi connectivity index (χ0) is 47.4. The summed E-state index contributed by atoms with van der Waals surface area (Å²) in [4.78, 5) is 17.5. The molecule has 0 radical (unpaired) electrons. The molecule has 0 aliphatic heterocycles. The van der Waals surface area contributed by atoms with E-state index in [2.05, 4.69) is 178 Å². The van der Waals surface area contributed by atoms with Gasteiger partial charge in [0.1, 0.15) is 12.2 Å². The van der Waals surface area contributed by atoms with Gasteiger partial charge in [-0.3, -0.25) is 0 Å². The zero-order valence-corrected chi connectivity index (χ0v) is 40.8. The molecule has 0 amide bonds. The summed E-state index contributed by atoms with van der Waals surface area (Å²) in [6, 6.07) is 34.6. The van der Waals surface area contributed by atoms with Gasteiger partial charge in [-0.05, 0) is 29.7 Å². The molecule has 0 unspecified atom stereocenters. The van der Waals surface area contributed by atoms with Gasteiger partial charge in [0.05, 0.1) is 46.7 Å². The first-order chi connectivity index (χ1) is 30.6. The summed E-state index contributed by atoms with van der Waals surface area (Å²) >= 11 is 0. The summed E-state index contributed by atoms with van der Waals surface area (Å²) < 4.78 is 0. The third-order valence-electron chi connectivity index (χ3n) is 10.2. The van der Waals surface area contributed by atoms with E-state index < -0.39 is 0 Å². The maximum atomic E-state index is 4.54. The maximum Gasteiger partial charge on any atom is 0.134 e. The molecule has 10 nitrogen and oxygen atoms in total. The Kier molecular flexibility index (Phi) is 16.2. The van der Waals surface area contributed by atoms with Crippen molar-refractivity contribution in [2.45, 2.75) is 125 Å². The van der Waals surface area contributed by atoms with E-state index >= 15 is 0 Å². The molecular formula is C55H66N10. The SMILES string of the molecule is CC(C)(C)c1ncc2ccccc2n1.CC(C)(C)c1ncnc2ccccc12.CC(C)(C)c1nncc2ccccc12.CC(C)(C)c1nncc2ccccc12.CC(C)c1ccnnc1. The molecule has 5 aromatic heterocycles. The lowest BCUT2D eigenvalue weighted by atomic mass is 9.89. The summed E-state index contributed by atoms with van der Waals surface area (Å²) in [6.45, 7) is 30.1. The highest BCUT2D eigenvalue weighted by molar-refractivity contribution is 5.85. The Bertz CT molecular complexity index is 2660. The van der Waals surface area contributed by atoms with E-state index in [9.17, 15) is 0 Å². The number of hydrogen-bond acceptors (Lipinski definition) is 10. The van der Waals surface area contributed by atoms with Gasteiger partial charge in [0.2, 0.25) is 0 Å². The minimum Gasteiger partial charge on any atom is -0.240 e. The second kappa shape index (κ2) is 21.3. The van der Waals surface area contributed by atoms with Crippen molar-refractivity contribution >= 4 is 43.4 Å². The van der Waals surface area contributed by atoms with Crippen molar-refractivity contribution < 1.29 is 0 Å². The number of para-hydroxylation sites is 2. The number of fused-ring (bicyclic) bond motifs is 4. The normalized spacial score (nSPS) is 11.7. The van der Waals surface area contributed by atoms with Gasteiger partial charge in [-0.25, -0.2) is 19.9 Å². The second-order valence-corrected chi connectivity index (χ2v) is 20.4. The van der Waals surface area contributed by atoms with Crippen LogP contribution in [0, 0.1) is 0 Å². The van der Waals surface area contributed by atoms with E-state index in [1.165, 1.54) is 16.3 Å². The summed E-state index contributed by atoms with van der Waals surface area (Å²) in [6.07, 6.45) is 10.7. The third kappa shape index (κ3) is 13.9. The number of nitrogens with zero attached hydrogens (tertiary/aromatic N) is 10. The predicted octanol–water partition coefficient (Wildman–Crippen LogP) is 13.3. The van der Waals surface area contributed by atoms with Crippen molar-refractivity contribution in [3.05, 3.63) is 169 Å². The van der Waals surface area contributed by atoms with Crippen LogP contribution in [0.4, 0.5) is 0 Å². The van der Waals surface area contributed by atoms with Crippen LogP contribution in [0.2, 0.25) is 0 Å². The van der Waals surface area contributed by atoms with Crippen LogP contribution >= 0.6 is 0 Å². The van der Waals surface area contributed by atoms with Crippen LogP contribution in [0.1, 0.15) is 131 Å². The fourth-order valence-electron chi connectivity index (χ4n) is 6.74. The second-order valence-electron chi connectivity index (χ2n) is 20.4. The Morgan fingerprint density at radius 2 is 0.862 bits per heavy atom. The Morgan fingerprint density at radius 3 is 1.32 bits per heavy atom. The Labute approximate surface area is 385 Å². The summed E-state index contributed by atoms with van der Waals surface area (Å²) in [5, 5.41) is 30.9. The fourth-order valence-corrected chi connectivity index (χ4v) is 6.74. The highest BCUT2D eigenvalue weighted by Gasteiger charge is 2.21. The largest absolute Gasteiger partial charge is 0.240 e. The van der Waals surface area contributed by atoms with E-state index in [0.717, 1.165) is 55.5 Å². The van der Waals surface area contributed by atoms with E-state index in [0.29, 0.717) is 5.92 Å². The van der Waals surface area contributed by atoms with Gasteiger partial charge in [-0.15, -0.1) is 0 Å². The van der Waals surface area contributed by atoms with Gasteiger partial charge < -0.3 is 0 Å². The molecule has 0 saturated heterocycles. The Morgan fingerprint density at radius 1 is 0.385 bits per heavy atom. The molecule has 0 aliphatic rings. The van der Waals surface area contributed by atoms with E-state index in [1.54, 1.807) is 18.7 Å². The van der Waals surface area contributed by atoms with Crippen molar-refractivity contribution in [2.75, 3.05) is 0 Å². The van der Waals surface area contributed by atoms with E-state index in [4.69, 9.17) is 0 Å². The van der Waals surface area contributed by atoms with E-state index in [-0.39, 0.29) is 21.7 Å². The average Bonchev–Trinajstić information content (AvgIpc) is 3.28. The molecule has 5 heterocycles. The smallest absolute Gasteiger partial charge is 0.134 e. The highest BCUT2D eigenvalue weighted by atomic mass is 15.1. The molecule has 9 rings (SSSR count). The van der Waals surface area contributed by atoms with Crippen molar-refractivity contribution in [1.29, 1.82) is 0 Å². The lowest BCUT2D eigenvalue weighted by molar-refractivity contribution is 0.548. The lowest BCUT2D eigenvalue weighted by Crippen LogP contribution is -2.15. The number of benzene rings is 4. The first-order valence-corrected chi connectivity index (χ1v) is 22.3. The highest BCUT2D eigenvalue weighted by Crippen LogP contribution is 2.29. The molecule has 0 bridgehead atoms. The van der Waals surface area contributed by atoms with Crippen LogP contribution in [0.25, 0.3) is 43.4 Å². The summed E-state index contributed by atoms with van der Waals surface area (Å²) in [5.41, 5.74) is 6.72. The van der Waals surface area contributed by atoms with Gasteiger partial charge in [0.15, 0.2) is 0 Å². The molecule has 4 aromatic carbocycles. The lowest BCUT2D eigenvalue weighted by Gasteiger charge is -2.18. The summed E-state index contributed by atoms with van der Waals surface area (Å²) in [5.74, 6) is 1.46. The number of aromatic nitrogens is 10. The standard InChI is InChI=1S/4C12H14N2.C7H10N2/c1-12(2,3)11-9-6-4-5-7-10(9)13-8-14-11;1-12(2,3)11-13-8-9-6-4-5-7-10(9)14-11;2*1-12(2,3)11-10-7-5-4-6-9(10)8-13-14-11;1-6(2)7-3-4-8-9-5-7/h4*4-8H,1-3H3;3-6H,1-2H3. The maximum absolute atomic E-state index is 4.54. The Hall–Kier alpha value is -6.68. The van der Waals surface area contributed by atoms with Crippen molar-refractivity contribution in [3.63, 3.8) is 0 Å². The molecule has 65 heavy (non-hydrogen) atoms. The molecule has 0 saturated carbocycles. The topological polar surface area (TPSA) is 129 Å². The monoisotopic (exact) mass is 867 g/mol. The first-order valence-electron chi connectivity index (χ1n) is 22.3. The fraction of sp³-hybridized carbons (Fsp3) is 0.345. The van der Waals surface area contributed by atoms with Crippen molar-refractivity contribution in [1.82, 2.24) is 50.5 Å². The van der Waals surface area contributed by atoms with Gasteiger partial charge >= 0.3 is 0 Å². The first kappa shape index (κ1) is 49.3. The van der Waals surface area contributed by atoms with E-state index in [1.807, 2.05) is 91.4 Å². The molecule has 0 spiro atoms. The molecule has 336 valence electrons. The van der Waals surface area contributed by atoms with Gasteiger partial charge in [-0.2, -0.15) is 30.6 Å². The molecular weight excluding hydrogens is 801 g/mol. The van der Waals surface area contributed by atoms with Gasteiger partial charge in [0, 0.05) is 66.4 Å². The molecule has 0 N–H and O–H groups in total. The zero-order valence-electron chi connectivity index (χ0n) is 40.8. The molecule has 0 atom stereocenters. The van der Waals surface area contributed by atoms with Crippen LogP contribution in [0.15, 0.2) is 140 Å².